The molecule has 134 valence electrons. The molecule has 1 aromatic heterocycles. The van der Waals surface area contributed by atoms with Gasteiger partial charge >= 0.3 is 0 Å². The molecule has 0 spiro atoms. The summed E-state index contributed by atoms with van der Waals surface area (Å²) in [6, 6.07) is 10.0. The van der Waals surface area contributed by atoms with E-state index in [-0.39, 0.29) is 10.8 Å². The van der Waals surface area contributed by atoms with Gasteiger partial charge in [-0.05, 0) is 48.2 Å². The van der Waals surface area contributed by atoms with Gasteiger partial charge in [-0.3, -0.25) is 4.79 Å². The topological polar surface area (TPSA) is 66.5 Å². The van der Waals surface area contributed by atoms with Crippen molar-refractivity contribution in [3.8, 4) is 0 Å². The van der Waals surface area contributed by atoms with E-state index in [0.717, 1.165) is 17.7 Å². The normalized spacial score (nSPS) is 12.0. The molecule has 0 aliphatic carbocycles. The Morgan fingerprint density at radius 1 is 1.24 bits per heavy atom. The Morgan fingerprint density at radius 3 is 2.56 bits per heavy atom. The number of unbranched alkanes of at least 4 members (excludes halogenated alkanes) is 1. The van der Waals surface area contributed by atoms with Gasteiger partial charge in [0.15, 0.2) is 0 Å². The molecule has 25 heavy (non-hydrogen) atoms. The van der Waals surface area contributed by atoms with Crippen molar-refractivity contribution in [1.29, 1.82) is 0 Å². The van der Waals surface area contributed by atoms with Gasteiger partial charge in [-0.2, -0.15) is 0 Å². The molecule has 0 bridgehead atoms. The average Bonchev–Trinajstić information content (AvgIpc) is 3.12. The van der Waals surface area contributed by atoms with Crippen molar-refractivity contribution in [2.24, 2.45) is 0 Å². The summed E-state index contributed by atoms with van der Waals surface area (Å²) in [5, 5.41) is 4.66. The number of hydrogen-bond donors (Lipinski definition) is 1. The molecular formula is C18H22N2O3S2. The highest BCUT2D eigenvalue weighted by Gasteiger charge is 2.19. The summed E-state index contributed by atoms with van der Waals surface area (Å²) in [5.74, 6) is -0.260. The van der Waals surface area contributed by atoms with Crippen molar-refractivity contribution in [2.75, 3.05) is 18.9 Å². The Kier molecular flexibility index (Phi) is 6.92. The number of thiophene rings is 1. The third-order valence-electron chi connectivity index (χ3n) is 3.60. The summed E-state index contributed by atoms with van der Waals surface area (Å²) in [6.07, 6.45) is 4.95. The number of anilines is 1. The maximum atomic E-state index is 12.4. The van der Waals surface area contributed by atoms with Crippen LogP contribution in [-0.2, 0) is 14.8 Å². The zero-order chi connectivity index (χ0) is 18.3. The molecule has 1 heterocycles. The predicted molar refractivity (Wildman–Crippen MR) is 103 cm³/mol. The molecule has 0 aliphatic heterocycles. The molecule has 0 saturated carbocycles. The number of carbonyl (C=O) groups is 1. The molecule has 5 nitrogen and oxygen atoms in total. The highest BCUT2D eigenvalue weighted by molar-refractivity contribution is 7.89. The van der Waals surface area contributed by atoms with Crippen LogP contribution < -0.4 is 5.32 Å². The highest BCUT2D eigenvalue weighted by Crippen LogP contribution is 2.18. The standard InChI is InChI=1S/C18H22N2O3S2/c1-3-4-13-20(2)25(22,23)17-10-7-15(8-11-17)19-18(21)12-9-16-6-5-14-24-16/h5-12,14H,3-4,13H2,1-2H3,(H,19,21)/b12-9+. The predicted octanol–water partition coefficient (Wildman–Crippen LogP) is 3.82. The number of nitrogens with one attached hydrogen (secondary N) is 1. The first-order valence-electron chi connectivity index (χ1n) is 8.02. The monoisotopic (exact) mass is 378 g/mol. The summed E-state index contributed by atoms with van der Waals surface area (Å²) in [7, 11) is -1.91. The lowest BCUT2D eigenvalue weighted by molar-refractivity contribution is -0.111. The summed E-state index contributed by atoms with van der Waals surface area (Å²) < 4.78 is 26.2. The molecule has 0 aliphatic rings. The van der Waals surface area contributed by atoms with Crippen LogP contribution in [0.15, 0.2) is 52.7 Å². The first-order valence-corrected chi connectivity index (χ1v) is 10.3. The van der Waals surface area contributed by atoms with Crippen LogP contribution in [0.4, 0.5) is 5.69 Å². The number of sulfonamides is 1. The van der Waals surface area contributed by atoms with Gasteiger partial charge < -0.3 is 5.32 Å². The lowest BCUT2D eigenvalue weighted by Gasteiger charge is -2.17. The summed E-state index contributed by atoms with van der Waals surface area (Å²) in [6.45, 7) is 2.51. The lowest BCUT2D eigenvalue weighted by Crippen LogP contribution is -2.27. The van der Waals surface area contributed by atoms with Crippen LogP contribution in [-0.4, -0.2) is 32.2 Å². The van der Waals surface area contributed by atoms with Crippen molar-refractivity contribution in [1.82, 2.24) is 4.31 Å². The Balaban J connectivity index is 2.00. The van der Waals surface area contributed by atoms with E-state index >= 15 is 0 Å². The van der Waals surface area contributed by atoms with E-state index in [4.69, 9.17) is 0 Å². The van der Waals surface area contributed by atoms with E-state index in [9.17, 15) is 13.2 Å². The molecule has 0 unspecified atom stereocenters. The molecule has 1 N–H and O–H groups in total. The molecule has 0 fully saturated rings. The largest absolute Gasteiger partial charge is 0.323 e. The fraction of sp³-hybridized carbons (Fsp3) is 0.278. The van der Waals surface area contributed by atoms with Gasteiger partial charge in [0.1, 0.15) is 0 Å². The van der Waals surface area contributed by atoms with Crippen molar-refractivity contribution < 1.29 is 13.2 Å². The number of carbonyl (C=O) groups excluding carboxylic acids is 1. The fourth-order valence-corrected chi connectivity index (χ4v) is 3.95. The van der Waals surface area contributed by atoms with Crippen LogP contribution in [0.2, 0.25) is 0 Å². The molecule has 7 heteroatoms. The first-order chi connectivity index (χ1) is 11.9. The smallest absolute Gasteiger partial charge is 0.248 e. The minimum absolute atomic E-state index is 0.221. The number of hydrogen-bond acceptors (Lipinski definition) is 4. The van der Waals surface area contributed by atoms with E-state index in [1.807, 2.05) is 24.4 Å². The fourth-order valence-electron chi connectivity index (χ4n) is 2.12. The van der Waals surface area contributed by atoms with Crippen LogP contribution in [0.5, 0.6) is 0 Å². The summed E-state index contributed by atoms with van der Waals surface area (Å²) in [4.78, 5) is 13.1. The SMILES string of the molecule is CCCCN(C)S(=O)(=O)c1ccc(NC(=O)/C=C/c2cccs2)cc1. The Bertz CT molecular complexity index is 811. The minimum atomic E-state index is -3.49. The molecule has 0 atom stereocenters. The van der Waals surface area contributed by atoms with Gasteiger partial charge in [-0.15, -0.1) is 11.3 Å². The number of rotatable bonds is 8. The number of amides is 1. The first kappa shape index (κ1) is 19.4. The van der Waals surface area contributed by atoms with Crippen LogP contribution >= 0.6 is 11.3 Å². The zero-order valence-electron chi connectivity index (χ0n) is 14.3. The van der Waals surface area contributed by atoms with E-state index in [1.54, 1.807) is 36.6 Å². The van der Waals surface area contributed by atoms with Crippen molar-refractivity contribution in [3.05, 3.63) is 52.7 Å². The van der Waals surface area contributed by atoms with Gasteiger partial charge in [-0.1, -0.05) is 19.4 Å². The van der Waals surface area contributed by atoms with E-state index < -0.39 is 10.0 Å². The van der Waals surface area contributed by atoms with Gasteiger partial charge in [0.2, 0.25) is 15.9 Å². The van der Waals surface area contributed by atoms with Crippen molar-refractivity contribution in [2.45, 2.75) is 24.7 Å². The van der Waals surface area contributed by atoms with E-state index in [1.165, 1.54) is 22.5 Å². The molecule has 2 aromatic rings. The number of benzene rings is 1. The number of nitrogens with zero attached hydrogens (tertiary/aromatic N) is 1. The molecular weight excluding hydrogens is 356 g/mol. The maximum Gasteiger partial charge on any atom is 0.248 e. The maximum absolute atomic E-state index is 12.4. The van der Waals surface area contributed by atoms with Crippen LogP contribution in [0.1, 0.15) is 24.6 Å². The average molecular weight is 379 g/mol. The summed E-state index contributed by atoms with van der Waals surface area (Å²) in [5.41, 5.74) is 0.552. The second-order valence-corrected chi connectivity index (χ2v) is 8.57. The zero-order valence-corrected chi connectivity index (χ0v) is 15.9. The summed E-state index contributed by atoms with van der Waals surface area (Å²) >= 11 is 1.55. The lowest BCUT2D eigenvalue weighted by atomic mass is 10.3. The van der Waals surface area contributed by atoms with Gasteiger partial charge in [-0.25, -0.2) is 12.7 Å². The van der Waals surface area contributed by atoms with Gasteiger partial charge in [0.05, 0.1) is 4.90 Å². The second kappa shape index (κ2) is 8.94. The second-order valence-electron chi connectivity index (χ2n) is 5.54. The van der Waals surface area contributed by atoms with Gasteiger partial charge in [0.25, 0.3) is 0 Å². The molecule has 1 aromatic carbocycles. The van der Waals surface area contributed by atoms with E-state index in [0.29, 0.717) is 12.2 Å². The third-order valence-corrected chi connectivity index (χ3v) is 6.31. The molecule has 1 amide bonds. The Labute approximate surface area is 153 Å². The molecule has 0 radical (unpaired) electrons. The van der Waals surface area contributed by atoms with Crippen LogP contribution in [0.3, 0.4) is 0 Å². The van der Waals surface area contributed by atoms with Gasteiger partial charge in [0, 0.05) is 30.2 Å². The third kappa shape index (κ3) is 5.52. The molecule has 2 rings (SSSR count). The van der Waals surface area contributed by atoms with Crippen molar-refractivity contribution in [3.63, 3.8) is 0 Å². The molecule has 0 saturated heterocycles. The highest BCUT2D eigenvalue weighted by atomic mass is 32.2. The van der Waals surface area contributed by atoms with Crippen LogP contribution in [0, 0.1) is 0 Å². The van der Waals surface area contributed by atoms with Crippen molar-refractivity contribution >= 4 is 39.0 Å². The Morgan fingerprint density at radius 2 is 1.96 bits per heavy atom. The van der Waals surface area contributed by atoms with E-state index in [2.05, 4.69) is 5.32 Å². The Hall–Kier alpha value is -1.96. The van der Waals surface area contributed by atoms with Crippen LogP contribution in [0.25, 0.3) is 6.08 Å². The quantitative estimate of drug-likeness (QED) is 0.710. The minimum Gasteiger partial charge on any atom is -0.323 e.